The molecule has 3 rings (SSSR count). The van der Waals surface area contributed by atoms with Gasteiger partial charge < -0.3 is 15.8 Å². The second-order valence-electron chi connectivity index (χ2n) is 10.6. The Morgan fingerprint density at radius 3 is 2.04 bits per heavy atom. The van der Waals surface area contributed by atoms with Gasteiger partial charge in [-0.15, -0.1) is 0 Å². The van der Waals surface area contributed by atoms with Gasteiger partial charge in [0.05, 0.1) is 11.9 Å². The standard InChI is InChI=1S/C24H37N3O/c1-23(2,3)18-12-16(13-19(22(18)28)24(4,5)6)20-14-26-21(27-20)11-15-7-9-17(25)10-8-15/h12-15,17,28H,7-11,25H2,1-6H3,(H,26,27). The van der Waals surface area contributed by atoms with Crippen molar-refractivity contribution >= 4 is 0 Å². The van der Waals surface area contributed by atoms with Gasteiger partial charge in [-0.25, -0.2) is 4.98 Å². The van der Waals surface area contributed by atoms with Gasteiger partial charge in [0.1, 0.15) is 11.6 Å². The Morgan fingerprint density at radius 1 is 1.00 bits per heavy atom. The van der Waals surface area contributed by atoms with Gasteiger partial charge in [-0.1, -0.05) is 41.5 Å². The zero-order valence-electron chi connectivity index (χ0n) is 18.4. The summed E-state index contributed by atoms with van der Waals surface area (Å²) >= 11 is 0. The molecule has 1 saturated carbocycles. The quantitative estimate of drug-likeness (QED) is 0.661. The van der Waals surface area contributed by atoms with Crippen molar-refractivity contribution in [3.8, 4) is 17.0 Å². The van der Waals surface area contributed by atoms with Crippen molar-refractivity contribution in [3.63, 3.8) is 0 Å². The largest absolute Gasteiger partial charge is 0.507 e. The van der Waals surface area contributed by atoms with Gasteiger partial charge in [0.15, 0.2) is 0 Å². The third-order valence-corrected chi connectivity index (χ3v) is 6.04. The second-order valence-corrected chi connectivity index (χ2v) is 10.6. The zero-order valence-corrected chi connectivity index (χ0v) is 18.4. The molecule has 0 spiro atoms. The van der Waals surface area contributed by atoms with E-state index in [4.69, 9.17) is 5.73 Å². The normalized spacial score (nSPS) is 21.1. The van der Waals surface area contributed by atoms with Crippen LogP contribution in [0.25, 0.3) is 11.3 Å². The second kappa shape index (κ2) is 7.55. The molecule has 0 unspecified atom stereocenters. The van der Waals surface area contributed by atoms with Crippen LogP contribution < -0.4 is 5.73 Å². The summed E-state index contributed by atoms with van der Waals surface area (Å²) in [5, 5.41) is 10.9. The molecule has 28 heavy (non-hydrogen) atoms. The van der Waals surface area contributed by atoms with E-state index in [1.807, 2.05) is 6.20 Å². The van der Waals surface area contributed by atoms with Crippen molar-refractivity contribution < 1.29 is 5.11 Å². The summed E-state index contributed by atoms with van der Waals surface area (Å²) in [5.41, 5.74) is 9.85. The molecule has 1 aliphatic rings. The fourth-order valence-corrected chi connectivity index (χ4v) is 4.21. The number of H-pyrrole nitrogens is 1. The van der Waals surface area contributed by atoms with Crippen molar-refractivity contribution in [1.82, 2.24) is 9.97 Å². The highest BCUT2D eigenvalue weighted by Crippen LogP contribution is 2.41. The van der Waals surface area contributed by atoms with Gasteiger partial charge in [0.2, 0.25) is 0 Å². The number of aromatic hydroxyl groups is 1. The number of phenols is 1. The Kier molecular flexibility index (Phi) is 5.64. The van der Waals surface area contributed by atoms with Gasteiger partial charge in [-0.3, -0.25) is 0 Å². The van der Waals surface area contributed by atoms with Crippen LogP contribution >= 0.6 is 0 Å². The number of benzene rings is 1. The predicted octanol–water partition coefficient (Wildman–Crippen LogP) is 5.44. The van der Waals surface area contributed by atoms with Crippen LogP contribution in [-0.2, 0) is 17.3 Å². The van der Waals surface area contributed by atoms with Crippen molar-refractivity contribution in [2.24, 2.45) is 11.7 Å². The summed E-state index contributed by atoms with van der Waals surface area (Å²) in [4.78, 5) is 8.20. The molecule has 0 aliphatic heterocycles. The molecule has 4 nitrogen and oxygen atoms in total. The number of imidazole rings is 1. The molecule has 0 amide bonds. The summed E-state index contributed by atoms with van der Waals surface area (Å²) in [5.74, 6) is 2.15. The van der Waals surface area contributed by atoms with E-state index in [9.17, 15) is 5.11 Å². The molecule has 4 heteroatoms. The van der Waals surface area contributed by atoms with Crippen molar-refractivity contribution in [3.05, 3.63) is 35.3 Å². The van der Waals surface area contributed by atoms with Gasteiger partial charge in [0.25, 0.3) is 0 Å². The minimum atomic E-state index is -0.135. The summed E-state index contributed by atoms with van der Waals surface area (Å²) < 4.78 is 0. The van der Waals surface area contributed by atoms with Gasteiger partial charge in [-0.2, -0.15) is 0 Å². The lowest BCUT2D eigenvalue weighted by Crippen LogP contribution is -2.27. The minimum absolute atomic E-state index is 0.135. The summed E-state index contributed by atoms with van der Waals surface area (Å²) in [6.07, 6.45) is 7.57. The highest BCUT2D eigenvalue weighted by Gasteiger charge is 2.27. The van der Waals surface area contributed by atoms with E-state index >= 15 is 0 Å². The number of rotatable bonds is 3. The number of phenolic OH excluding ortho intramolecular Hbond substituents is 1. The monoisotopic (exact) mass is 383 g/mol. The maximum Gasteiger partial charge on any atom is 0.123 e. The fourth-order valence-electron chi connectivity index (χ4n) is 4.21. The lowest BCUT2D eigenvalue weighted by atomic mass is 9.78. The first kappa shape index (κ1) is 20.9. The third-order valence-electron chi connectivity index (χ3n) is 6.04. The summed E-state index contributed by atoms with van der Waals surface area (Å²) in [6.45, 7) is 12.9. The Bertz CT molecular complexity index is 780. The molecular formula is C24H37N3O. The number of nitrogens with one attached hydrogen (secondary N) is 1. The fraction of sp³-hybridized carbons (Fsp3) is 0.625. The van der Waals surface area contributed by atoms with E-state index in [0.717, 1.165) is 47.5 Å². The van der Waals surface area contributed by atoms with Crippen LogP contribution in [0.15, 0.2) is 18.3 Å². The molecular weight excluding hydrogens is 346 g/mol. The zero-order chi connectivity index (χ0) is 20.7. The molecule has 1 aromatic heterocycles. The number of aromatic amines is 1. The predicted molar refractivity (Wildman–Crippen MR) is 117 cm³/mol. The van der Waals surface area contributed by atoms with E-state index < -0.39 is 0 Å². The van der Waals surface area contributed by atoms with E-state index in [-0.39, 0.29) is 10.8 Å². The van der Waals surface area contributed by atoms with Crippen LogP contribution in [-0.4, -0.2) is 21.1 Å². The first-order valence-electron chi connectivity index (χ1n) is 10.6. The van der Waals surface area contributed by atoms with E-state index in [2.05, 4.69) is 63.6 Å². The van der Waals surface area contributed by atoms with Crippen molar-refractivity contribution in [1.29, 1.82) is 0 Å². The topological polar surface area (TPSA) is 74.9 Å². The van der Waals surface area contributed by atoms with Gasteiger partial charge in [-0.05, 0) is 54.6 Å². The number of hydrogen-bond donors (Lipinski definition) is 3. The van der Waals surface area contributed by atoms with E-state index in [0.29, 0.717) is 17.7 Å². The highest BCUT2D eigenvalue weighted by molar-refractivity contribution is 5.66. The number of nitrogens with zero attached hydrogens (tertiary/aromatic N) is 1. The lowest BCUT2D eigenvalue weighted by molar-refractivity contribution is 0.321. The molecule has 0 atom stereocenters. The van der Waals surface area contributed by atoms with Crippen LogP contribution in [0.5, 0.6) is 5.75 Å². The van der Waals surface area contributed by atoms with Crippen LogP contribution in [0, 0.1) is 5.92 Å². The molecule has 4 N–H and O–H groups in total. The maximum absolute atomic E-state index is 10.9. The van der Waals surface area contributed by atoms with Crippen LogP contribution in [0.2, 0.25) is 0 Å². The molecule has 0 radical (unpaired) electrons. The van der Waals surface area contributed by atoms with Gasteiger partial charge in [0, 0.05) is 29.2 Å². The smallest absolute Gasteiger partial charge is 0.123 e. The SMILES string of the molecule is CC(C)(C)c1cc(-c2cnc(CC3CCC(N)CC3)[nH]2)cc(C(C)(C)C)c1O. The summed E-state index contributed by atoms with van der Waals surface area (Å²) in [6, 6.07) is 4.61. The first-order valence-corrected chi connectivity index (χ1v) is 10.6. The van der Waals surface area contributed by atoms with Crippen LogP contribution in [0.3, 0.4) is 0 Å². The number of hydrogen-bond acceptors (Lipinski definition) is 3. The first-order chi connectivity index (χ1) is 12.9. The summed E-state index contributed by atoms with van der Waals surface area (Å²) in [7, 11) is 0. The van der Waals surface area contributed by atoms with Crippen molar-refractivity contribution in [2.75, 3.05) is 0 Å². The maximum atomic E-state index is 10.9. The van der Waals surface area contributed by atoms with Gasteiger partial charge >= 0.3 is 0 Å². The molecule has 0 saturated heterocycles. The Balaban J connectivity index is 1.92. The van der Waals surface area contributed by atoms with Crippen LogP contribution in [0.4, 0.5) is 0 Å². The van der Waals surface area contributed by atoms with Crippen LogP contribution in [0.1, 0.15) is 84.2 Å². The number of nitrogens with two attached hydrogens (primary N) is 1. The third kappa shape index (κ3) is 4.60. The molecule has 0 bridgehead atoms. The average Bonchev–Trinajstić information content (AvgIpc) is 3.03. The highest BCUT2D eigenvalue weighted by atomic mass is 16.3. The molecule has 1 aromatic carbocycles. The Hall–Kier alpha value is -1.81. The molecule has 1 fully saturated rings. The van der Waals surface area contributed by atoms with Crippen molar-refractivity contribution in [2.45, 2.75) is 90.5 Å². The number of aromatic nitrogens is 2. The Morgan fingerprint density at radius 2 is 1.54 bits per heavy atom. The molecule has 2 aromatic rings. The lowest BCUT2D eigenvalue weighted by Gasteiger charge is -2.28. The van der Waals surface area contributed by atoms with E-state index in [1.54, 1.807) is 0 Å². The molecule has 154 valence electrons. The Labute approximate surface area is 170 Å². The molecule has 1 aliphatic carbocycles. The molecule has 1 heterocycles. The average molecular weight is 384 g/mol. The van der Waals surface area contributed by atoms with E-state index in [1.165, 1.54) is 12.8 Å². The minimum Gasteiger partial charge on any atom is -0.507 e.